The highest BCUT2D eigenvalue weighted by Gasteiger charge is 2.12. The maximum absolute atomic E-state index is 11.1. The zero-order chi connectivity index (χ0) is 16.1. The fourth-order valence-corrected chi connectivity index (χ4v) is 1.93. The molecule has 0 heterocycles. The Labute approximate surface area is 126 Å². The van der Waals surface area contributed by atoms with Crippen molar-refractivity contribution < 1.29 is 24.5 Å². The van der Waals surface area contributed by atoms with Crippen molar-refractivity contribution in [2.75, 3.05) is 6.61 Å². The molecule has 0 aromatic heterocycles. The highest BCUT2D eigenvalue weighted by atomic mass is 16.5. The minimum absolute atomic E-state index is 0.0927. The molecular formula is C17H12O5. The van der Waals surface area contributed by atoms with E-state index in [9.17, 15) is 9.59 Å². The first kappa shape index (κ1) is 15.1. The Balaban J connectivity index is 2.49. The van der Waals surface area contributed by atoms with Crippen LogP contribution in [0.3, 0.4) is 0 Å². The summed E-state index contributed by atoms with van der Waals surface area (Å²) in [5.74, 6) is 0.486. The molecule has 2 N–H and O–H groups in total. The van der Waals surface area contributed by atoms with Crippen LogP contribution in [0.1, 0.15) is 20.7 Å². The maximum atomic E-state index is 11.1. The van der Waals surface area contributed by atoms with Gasteiger partial charge >= 0.3 is 11.9 Å². The highest BCUT2D eigenvalue weighted by Crippen LogP contribution is 2.26. The van der Waals surface area contributed by atoms with Crippen molar-refractivity contribution in [1.82, 2.24) is 0 Å². The Bertz CT molecular complexity index is 739. The van der Waals surface area contributed by atoms with Crippen molar-refractivity contribution in [2.45, 2.75) is 0 Å². The van der Waals surface area contributed by atoms with Gasteiger partial charge in [0.1, 0.15) is 12.4 Å². The summed E-state index contributed by atoms with van der Waals surface area (Å²) >= 11 is 0. The van der Waals surface area contributed by atoms with E-state index < -0.39 is 11.9 Å². The molecule has 2 aromatic carbocycles. The number of hydrogen-bond acceptors (Lipinski definition) is 3. The molecule has 0 aliphatic carbocycles. The van der Waals surface area contributed by atoms with Crippen LogP contribution < -0.4 is 4.74 Å². The Hall–Kier alpha value is -3.26. The van der Waals surface area contributed by atoms with Gasteiger partial charge in [-0.2, -0.15) is 0 Å². The molecule has 5 nitrogen and oxygen atoms in total. The van der Waals surface area contributed by atoms with Gasteiger partial charge in [-0.25, -0.2) is 9.59 Å². The molecule has 0 saturated heterocycles. The molecule has 0 aliphatic heterocycles. The van der Waals surface area contributed by atoms with E-state index in [-0.39, 0.29) is 17.7 Å². The quantitative estimate of drug-likeness (QED) is 0.829. The molecule has 0 bridgehead atoms. The predicted molar refractivity (Wildman–Crippen MR) is 80.1 cm³/mol. The van der Waals surface area contributed by atoms with E-state index in [1.54, 1.807) is 24.3 Å². The average Bonchev–Trinajstić information content (AvgIpc) is 2.52. The lowest BCUT2D eigenvalue weighted by Crippen LogP contribution is -2.03. The SMILES string of the molecule is C#CCOc1cccc(-c2cc(C(=O)O)cc(C(=O)O)c2)c1. The number of carbonyl (C=O) groups is 2. The Morgan fingerprint density at radius 2 is 1.64 bits per heavy atom. The van der Waals surface area contributed by atoms with Crippen molar-refractivity contribution in [2.24, 2.45) is 0 Å². The van der Waals surface area contributed by atoms with Crippen molar-refractivity contribution in [1.29, 1.82) is 0 Å². The number of carboxylic acid groups (broad SMARTS) is 2. The van der Waals surface area contributed by atoms with Gasteiger partial charge in [-0.15, -0.1) is 6.42 Å². The molecule has 0 aliphatic rings. The minimum atomic E-state index is -1.19. The molecule has 0 amide bonds. The number of terminal acetylenes is 1. The molecule has 2 rings (SSSR count). The van der Waals surface area contributed by atoms with Gasteiger partial charge in [-0.3, -0.25) is 0 Å². The zero-order valence-electron chi connectivity index (χ0n) is 11.4. The second-order valence-electron chi connectivity index (χ2n) is 4.43. The predicted octanol–water partition coefficient (Wildman–Crippen LogP) is 2.76. The number of hydrogen-bond donors (Lipinski definition) is 2. The van der Waals surface area contributed by atoms with E-state index in [1.165, 1.54) is 12.1 Å². The van der Waals surface area contributed by atoms with Gasteiger partial charge in [0.05, 0.1) is 11.1 Å². The summed E-state index contributed by atoms with van der Waals surface area (Å²) in [6.45, 7) is 0.110. The van der Waals surface area contributed by atoms with Crippen molar-refractivity contribution >= 4 is 11.9 Å². The van der Waals surface area contributed by atoms with E-state index in [4.69, 9.17) is 21.4 Å². The van der Waals surface area contributed by atoms with Crippen LogP contribution in [-0.4, -0.2) is 28.8 Å². The Morgan fingerprint density at radius 3 is 2.18 bits per heavy atom. The van der Waals surface area contributed by atoms with Crippen LogP contribution in [0.25, 0.3) is 11.1 Å². The second kappa shape index (κ2) is 6.46. The molecule has 0 atom stereocenters. The van der Waals surface area contributed by atoms with Crippen LogP contribution in [0.2, 0.25) is 0 Å². The van der Waals surface area contributed by atoms with E-state index in [1.807, 2.05) is 0 Å². The largest absolute Gasteiger partial charge is 0.481 e. The summed E-state index contributed by atoms with van der Waals surface area (Å²) in [4.78, 5) is 22.3. The van der Waals surface area contributed by atoms with Crippen molar-refractivity contribution in [3.8, 4) is 29.2 Å². The van der Waals surface area contributed by atoms with Crippen LogP contribution in [0.15, 0.2) is 42.5 Å². The van der Waals surface area contributed by atoms with Crippen LogP contribution >= 0.6 is 0 Å². The van der Waals surface area contributed by atoms with Gasteiger partial charge in [0.2, 0.25) is 0 Å². The van der Waals surface area contributed by atoms with Crippen LogP contribution in [0, 0.1) is 12.3 Å². The van der Waals surface area contributed by atoms with Crippen molar-refractivity contribution in [3.05, 3.63) is 53.6 Å². The summed E-state index contributed by atoms with van der Waals surface area (Å²) in [7, 11) is 0. The molecule has 0 saturated carbocycles. The van der Waals surface area contributed by atoms with Gasteiger partial charge in [0.15, 0.2) is 0 Å². The zero-order valence-corrected chi connectivity index (χ0v) is 11.4. The van der Waals surface area contributed by atoms with Gasteiger partial charge < -0.3 is 14.9 Å². The number of aromatic carboxylic acids is 2. The van der Waals surface area contributed by atoms with E-state index in [0.717, 1.165) is 6.07 Å². The summed E-state index contributed by atoms with van der Waals surface area (Å²) in [5.41, 5.74) is 0.929. The monoisotopic (exact) mass is 296 g/mol. The Morgan fingerprint density at radius 1 is 1.00 bits per heavy atom. The first-order chi connectivity index (χ1) is 10.5. The third-order valence-corrected chi connectivity index (χ3v) is 2.92. The van der Waals surface area contributed by atoms with Gasteiger partial charge in [0, 0.05) is 0 Å². The molecule has 22 heavy (non-hydrogen) atoms. The molecule has 0 fully saturated rings. The molecular weight excluding hydrogens is 284 g/mol. The molecule has 0 radical (unpaired) electrons. The first-order valence-corrected chi connectivity index (χ1v) is 6.29. The number of benzene rings is 2. The second-order valence-corrected chi connectivity index (χ2v) is 4.43. The fourth-order valence-electron chi connectivity index (χ4n) is 1.93. The standard InChI is InChI=1S/C17H12O5/c1-2-6-22-15-5-3-4-11(10-15)12-7-13(16(18)19)9-14(8-12)17(20)21/h1,3-5,7-10H,6H2,(H,18,19)(H,20,21). The van der Waals surface area contributed by atoms with Crippen molar-refractivity contribution in [3.63, 3.8) is 0 Å². The molecule has 0 unspecified atom stereocenters. The topological polar surface area (TPSA) is 83.8 Å². The van der Waals surface area contributed by atoms with E-state index in [2.05, 4.69) is 5.92 Å². The third-order valence-electron chi connectivity index (χ3n) is 2.92. The number of rotatable bonds is 5. The Kier molecular flexibility index (Phi) is 4.44. The maximum Gasteiger partial charge on any atom is 0.335 e. The normalized spacial score (nSPS) is 9.77. The van der Waals surface area contributed by atoms with Gasteiger partial charge in [-0.05, 0) is 41.5 Å². The lowest BCUT2D eigenvalue weighted by Gasteiger charge is -2.08. The van der Waals surface area contributed by atoms with Crippen LogP contribution in [0.5, 0.6) is 5.75 Å². The highest BCUT2D eigenvalue weighted by molar-refractivity contribution is 5.96. The van der Waals surface area contributed by atoms with Gasteiger partial charge in [0.25, 0.3) is 0 Å². The smallest absolute Gasteiger partial charge is 0.335 e. The minimum Gasteiger partial charge on any atom is -0.481 e. The van der Waals surface area contributed by atoms with Crippen LogP contribution in [0.4, 0.5) is 0 Å². The fraction of sp³-hybridized carbons (Fsp3) is 0.0588. The van der Waals surface area contributed by atoms with E-state index >= 15 is 0 Å². The average molecular weight is 296 g/mol. The summed E-state index contributed by atoms with van der Waals surface area (Å²) in [6.07, 6.45) is 5.13. The van der Waals surface area contributed by atoms with E-state index in [0.29, 0.717) is 16.9 Å². The summed E-state index contributed by atoms with van der Waals surface area (Å²) < 4.78 is 5.30. The summed E-state index contributed by atoms with van der Waals surface area (Å²) in [5, 5.41) is 18.2. The third kappa shape index (κ3) is 3.44. The first-order valence-electron chi connectivity index (χ1n) is 6.29. The molecule has 110 valence electrons. The lowest BCUT2D eigenvalue weighted by molar-refractivity contribution is 0.0696. The van der Waals surface area contributed by atoms with Crippen LogP contribution in [-0.2, 0) is 0 Å². The number of ether oxygens (including phenoxy) is 1. The lowest BCUT2D eigenvalue weighted by atomic mass is 9.99. The molecule has 5 heteroatoms. The molecule has 0 spiro atoms. The molecule has 2 aromatic rings. The number of carboxylic acids is 2. The summed E-state index contributed by atoms with van der Waals surface area (Å²) in [6, 6.07) is 10.8. The van der Waals surface area contributed by atoms with Gasteiger partial charge in [-0.1, -0.05) is 18.1 Å².